The summed E-state index contributed by atoms with van der Waals surface area (Å²) in [5, 5.41) is 0.448. The molecule has 0 aliphatic rings. The Labute approximate surface area is 236 Å². The van der Waals surface area contributed by atoms with E-state index in [0.29, 0.717) is 15.2 Å². The minimum absolute atomic E-state index is 0.0534. The molecule has 2 heterocycles. The molecule has 11 nitrogen and oxygen atoms in total. The number of ether oxygens (including phenoxy) is 2. The van der Waals surface area contributed by atoms with Crippen LogP contribution < -0.4 is 25.4 Å². The van der Waals surface area contributed by atoms with E-state index in [2.05, 4.69) is 14.4 Å². The van der Waals surface area contributed by atoms with Crippen LogP contribution in [0.5, 0.6) is 17.5 Å². The van der Waals surface area contributed by atoms with Gasteiger partial charge in [-0.3, -0.25) is 13.9 Å². The Morgan fingerprint density at radius 2 is 1.63 bits per heavy atom. The highest BCUT2D eigenvalue weighted by molar-refractivity contribution is 7.88. The Balaban J connectivity index is 1.89. The average Bonchev–Trinajstić information content (AvgIpc) is 3.17. The van der Waals surface area contributed by atoms with E-state index < -0.39 is 44.8 Å². The molecule has 4 aromatic rings. The molecule has 0 aliphatic heterocycles. The van der Waals surface area contributed by atoms with Crippen LogP contribution in [0.3, 0.4) is 0 Å². The van der Waals surface area contributed by atoms with Crippen LogP contribution in [-0.4, -0.2) is 39.0 Å². The number of halogens is 4. The first-order valence-corrected chi connectivity index (χ1v) is 14.0. The fourth-order valence-electron chi connectivity index (χ4n) is 3.97. The highest BCUT2D eigenvalue weighted by Crippen LogP contribution is 2.30. The lowest BCUT2D eigenvalue weighted by molar-refractivity contribution is -0.274. The summed E-state index contributed by atoms with van der Waals surface area (Å²) in [6.45, 7) is 4.76. The molecule has 4 rings (SSSR count). The number of nitrogens with one attached hydrogen (secondary N) is 1. The molecule has 0 saturated heterocycles. The van der Waals surface area contributed by atoms with E-state index in [-0.39, 0.29) is 29.5 Å². The summed E-state index contributed by atoms with van der Waals surface area (Å²) in [5.74, 6) is -1.63. The smallest absolute Gasteiger partial charge is 0.425 e. The van der Waals surface area contributed by atoms with Gasteiger partial charge in [0.25, 0.3) is 5.56 Å². The number of sulfonamides is 1. The Morgan fingerprint density at radius 3 is 2.24 bits per heavy atom. The molecule has 0 saturated carbocycles. The van der Waals surface area contributed by atoms with E-state index >= 15 is 0 Å². The molecular formula is C25H25ClF3N5O6S. The van der Waals surface area contributed by atoms with E-state index in [9.17, 15) is 31.2 Å². The molecule has 0 spiro atoms. The zero-order valence-corrected chi connectivity index (χ0v) is 23.8. The molecule has 0 bridgehead atoms. The number of alkyl halides is 3. The zero-order valence-electron chi connectivity index (χ0n) is 22.2. The summed E-state index contributed by atoms with van der Waals surface area (Å²) in [5.41, 5.74) is -2.48. The lowest BCUT2D eigenvalue weighted by Crippen LogP contribution is -2.47. The average molecular weight is 616 g/mol. The molecular weight excluding hydrogens is 591 g/mol. The van der Waals surface area contributed by atoms with Crippen LogP contribution in [0.15, 0.2) is 58.1 Å². The van der Waals surface area contributed by atoms with Gasteiger partial charge in [-0.15, -0.1) is 13.2 Å². The van der Waals surface area contributed by atoms with Crippen molar-refractivity contribution in [3.63, 3.8) is 0 Å². The van der Waals surface area contributed by atoms with Gasteiger partial charge in [-0.2, -0.15) is 4.98 Å². The largest absolute Gasteiger partial charge is 0.573 e. The second kappa shape index (κ2) is 10.9. The fourth-order valence-corrected chi connectivity index (χ4v) is 5.66. The van der Waals surface area contributed by atoms with Gasteiger partial charge in [-0.05, 0) is 50.6 Å². The Bertz CT molecular complexity index is 1820. The third-order valence-corrected chi connectivity index (χ3v) is 7.23. The monoisotopic (exact) mass is 615 g/mol. The predicted octanol–water partition coefficient (Wildman–Crippen LogP) is 3.96. The SMILES string of the molecule is Cn1c(=O)n(CS(=O)(=O)NC(C)(C)C)c(=O)c2c1nc(Oc1cccc(OC(F)(F)F)c1)n2Cc1ccc(Cl)cc1. The molecule has 220 valence electrons. The molecule has 0 aliphatic carbocycles. The third kappa shape index (κ3) is 7.28. The van der Waals surface area contributed by atoms with Crippen LogP contribution in [0, 0.1) is 0 Å². The van der Waals surface area contributed by atoms with Crippen LogP contribution in [0.4, 0.5) is 13.2 Å². The van der Waals surface area contributed by atoms with E-state index in [0.717, 1.165) is 16.7 Å². The standard InChI is InChI=1S/C25H25ClF3N5O6S/c1-24(2,3)31-41(37,38)14-34-21(35)19-20(32(4)23(34)36)30-22(33(19)13-15-8-10-16(26)11-9-15)39-17-6-5-7-18(12-17)40-25(27,28)29/h5-12,31H,13-14H2,1-4H3. The summed E-state index contributed by atoms with van der Waals surface area (Å²) >= 11 is 5.99. The van der Waals surface area contributed by atoms with Crippen molar-refractivity contribution >= 4 is 32.8 Å². The predicted molar refractivity (Wildman–Crippen MR) is 145 cm³/mol. The molecule has 41 heavy (non-hydrogen) atoms. The molecule has 0 fully saturated rings. The van der Waals surface area contributed by atoms with Crippen LogP contribution in [0.25, 0.3) is 11.2 Å². The van der Waals surface area contributed by atoms with Crippen LogP contribution in [0.1, 0.15) is 26.3 Å². The van der Waals surface area contributed by atoms with Crippen molar-refractivity contribution in [3.8, 4) is 17.5 Å². The van der Waals surface area contributed by atoms with Crippen molar-refractivity contribution in [1.29, 1.82) is 0 Å². The van der Waals surface area contributed by atoms with Gasteiger partial charge < -0.3 is 9.47 Å². The molecule has 1 N–H and O–H groups in total. The number of hydrogen-bond acceptors (Lipinski definition) is 7. The number of imidazole rings is 1. The number of nitrogens with zero attached hydrogens (tertiary/aromatic N) is 4. The Kier molecular flexibility index (Phi) is 7.99. The highest BCUT2D eigenvalue weighted by Gasteiger charge is 2.31. The van der Waals surface area contributed by atoms with Crippen molar-refractivity contribution in [2.75, 3.05) is 0 Å². The van der Waals surface area contributed by atoms with E-state index in [4.69, 9.17) is 16.3 Å². The summed E-state index contributed by atoms with van der Waals surface area (Å²) in [4.78, 5) is 31.0. The van der Waals surface area contributed by atoms with Crippen LogP contribution in [-0.2, 0) is 29.5 Å². The number of fused-ring (bicyclic) bond motifs is 1. The fraction of sp³-hybridized carbons (Fsp3) is 0.320. The molecule has 2 aromatic carbocycles. The van der Waals surface area contributed by atoms with E-state index in [1.165, 1.54) is 23.7 Å². The highest BCUT2D eigenvalue weighted by atomic mass is 35.5. The first-order chi connectivity index (χ1) is 18.9. The molecule has 2 aromatic heterocycles. The van der Waals surface area contributed by atoms with Gasteiger partial charge in [-0.25, -0.2) is 22.5 Å². The maximum atomic E-state index is 13.7. The summed E-state index contributed by atoms with van der Waals surface area (Å²) in [6, 6.07) is 10.9. The normalized spacial score (nSPS) is 12.6. The molecule has 0 amide bonds. The Morgan fingerprint density at radius 1 is 1.00 bits per heavy atom. The summed E-state index contributed by atoms with van der Waals surface area (Å²) in [7, 11) is -2.85. The van der Waals surface area contributed by atoms with Gasteiger partial charge in [0, 0.05) is 23.7 Å². The maximum Gasteiger partial charge on any atom is 0.573 e. The van der Waals surface area contributed by atoms with Gasteiger partial charge in [0.05, 0.1) is 6.54 Å². The van der Waals surface area contributed by atoms with Crippen molar-refractivity contribution in [3.05, 3.63) is 80.0 Å². The number of rotatable bonds is 8. The van der Waals surface area contributed by atoms with E-state index in [1.54, 1.807) is 45.0 Å². The lowest BCUT2D eigenvalue weighted by Gasteiger charge is -2.20. The second-order valence-electron chi connectivity index (χ2n) is 10.1. The van der Waals surface area contributed by atoms with Gasteiger partial charge in [0.2, 0.25) is 10.0 Å². The minimum atomic E-state index is -4.94. The topological polar surface area (TPSA) is 126 Å². The molecule has 0 unspecified atom stereocenters. The van der Waals surface area contributed by atoms with Gasteiger partial charge >= 0.3 is 18.1 Å². The third-order valence-electron chi connectivity index (χ3n) is 5.46. The molecule has 0 atom stereocenters. The minimum Gasteiger partial charge on any atom is -0.425 e. The first-order valence-electron chi connectivity index (χ1n) is 11.9. The number of benzene rings is 2. The number of aromatic nitrogens is 4. The molecule has 16 heteroatoms. The quantitative estimate of drug-likeness (QED) is 0.318. The zero-order chi connectivity index (χ0) is 30.3. The summed E-state index contributed by atoms with van der Waals surface area (Å²) < 4.78 is 78.7. The van der Waals surface area contributed by atoms with Crippen molar-refractivity contribution in [2.45, 2.75) is 45.1 Å². The van der Waals surface area contributed by atoms with Gasteiger partial charge in [0.1, 0.15) is 17.4 Å². The Hall–Kier alpha value is -3.82. The van der Waals surface area contributed by atoms with Gasteiger partial charge in [0.15, 0.2) is 11.2 Å². The lowest BCUT2D eigenvalue weighted by atomic mass is 10.1. The first kappa shape index (κ1) is 30.1. The van der Waals surface area contributed by atoms with Crippen LogP contribution in [0.2, 0.25) is 5.02 Å². The van der Waals surface area contributed by atoms with Gasteiger partial charge in [-0.1, -0.05) is 29.8 Å². The number of hydrogen-bond donors (Lipinski definition) is 1. The second-order valence-corrected chi connectivity index (χ2v) is 12.2. The van der Waals surface area contributed by atoms with Crippen molar-refractivity contribution < 1.29 is 31.1 Å². The maximum absolute atomic E-state index is 13.7. The van der Waals surface area contributed by atoms with E-state index in [1.807, 2.05) is 0 Å². The van der Waals surface area contributed by atoms with Crippen LogP contribution >= 0.6 is 11.6 Å². The summed E-state index contributed by atoms with van der Waals surface area (Å²) in [6.07, 6.45) is -4.94. The van der Waals surface area contributed by atoms with Crippen molar-refractivity contribution in [2.24, 2.45) is 7.05 Å². The van der Waals surface area contributed by atoms with Crippen molar-refractivity contribution in [1.82, 2.24) is 23.4 Å². The molecule has 0 radical (unpaired) electrons. The number of aryl methyl sites for hydroxylation is 1.